The van der Waals surface area contributed by atoms with Gasteiger partial charge in [0, 0.05) is 61.4 Å². The van der Waals surface area contributed by atoms with E-state index >= 15 is 0 Å². The van der Waals surface area contributed by atoms with E-state index in [-0.39, 0.29) is 24.8 Å². The summed E-state index contributed by atoms with van der Waals surface area (Å²) in [6.45, 7) is 6.48. The maximum Gasteiger partial charge on any atom is 0.227 e. The molecule has 1 fully saturated rings. The molecule has 1 saturated heterocycles. The summed E-state index contributed by atoms with van der Waals surface area (Å²) in [6.07, 6.45) is 5.81. The van der Waals surface area contributed by atoms with Gasteiger partial charge in [0.15, 0.2) is 16.9 Å². The van der Waals surface area contributed by atoms with Gasteiger partial charge in [-0.05, 0) is 72.4 Å². The first kappa shape index (κ1) is 32.0. The van der Waals surface area contributed by atoms with Gasteiger partial charge in [0.2, 0.25) is 11.4 Å². The van der Waals surface area contributed by atoms with Crippen LogP contribution in [0, 0.1) is 25.2 Å². The van der Waals surface area contributed by atoms with Gasteiger partial charge in [0.25, 0.3) is 0 Å². The van der Waals surface area contributed by atoms with Crippen molar-refractivity contribution < 1.29 is 19.5 Å². The standard InChI is InChI=1S/C37H36N8O4/c1-22-28(6-4-8-30(22)37-42-33-34(49-37)26(17-38)20-45(14-15-46)36(33)43-48-3)29-7-5-9-31(23(29)2)41-35-32-25(10-12-39-35)16-24(18-40-32)19-44-13-11-27(47)21-44/h4-10,12,16,18,20,27,46-47H,11,13-15,19,21H2,1-3H3,(H,39,41)/b43-36-/t27-/m1/s1. The highest BCUT2D eigenvalue weighted by Crippen LogP contribution is 2.37. The van der Waals surface area contributed by atoms with Crippen LogP contribution in [0.1, 0.15) is 28.7 Å². The molecule has 5 heterocycles. The fourth-order valence-corrected chi connectivity index (χ4v) is 6.57. The number of hydrogen-bond acceptors (Lipinski definition) is 11. The van der Waals surface area contributed by atoms with Gasteiger partial charge in [-0.1, -0.05) is 29.4 Å². The summed E-state index contributed by atoms with van der Waals surface area (Å²) in [5.41, 5.74) is 8.85. The van der Waals surface area contributed by atoms with Crippen molar-refractivity contribution in [2.45, 2.75) is 39.5 Å². The predicted molar refractivity (Wildman–Crippen MR) is 185 cm³/mol. The first-order valence-corrected chi connectivity index (χ1v) is 16.1. The maximum absolute atomic E-state index is 9.91. The lowest BCUT2D eigenvalue weighted by atomic mass is 9.93. The molecule has 0 unspecified atom stereocenters. The van der Waals surface area contributed by atoms with Crippen LogP contribution in [0.15, 0.2) is 76.7 Å². The van der Waals surface area contributed by atoms with Crippen molar-refractivity contribution in [1.82, 2.24) is 24.4 Å². The third-order valence-electron chi connectivity index (χ3n) is 9.03. The number of nitrogens with one attached hydrogen (secondary N) is 1. The number of nitrogens with zero attached hydrogens (tertiary/aromatic N) is 7. The number of anilines is 2. The average Bonchev–Trinajstić information content (AvgIpc) is 3.73. The highest BCUT2D eigenvalue weighted by Gasteiger charge is 2.22. The van der Waals surface area contributed by atoms with Crippen LogP contribution in [0.3, 0.4) is 0 Å². The molecule has 49 heavy (non-hydrogen) atoms. The van der Waals surface area contributed by atoms with Crippen LogP contribution >= 0.6 is 0 Å². The first-order valence-electron chi connectivity index (χ1n) is 16.1. The maximum atomic E-state index is 9.91. The molecule has 12 heteroatoms. The molecule has 7 rings (SSSR count). The van der Waals surface area contributed by atoms with Crippen LogP contribution in [0.4, 0.5) is 11.5 Å². The minimum absolute atomic E-state index is 0.147. The third-order valence-corrected chi connectivity index (χ3v) is 9.03. The van der Waals surface area contributed by atoms with E-state index in [1.807, 2.05) is 43.5 Å². The van der Waals surface area contributed by atoms with E-state index in [0.717, 1.165) is 69.5 Å². The predicted octanol–water partition coefficient (Wildman–Crippen LogP) is 5.16. The number of pyridine rings is 3. The zero-order valence-corrected chi connectivity index (χ0v) is 27.5. The second kappa shape index (κ2) is 13.5. The van der Waals surface area contributed by atoms with Crippen LogP contribution < -0.4 is 10.8 Å². The molecule has 0 radical (unpaired) electrons. The van der Waals surface area contributed by atoms with E-state index in [4.69, 9.17) is 19.2 Å². The third kappa shape index (κ3) is 6.11. The van der Waals surface area contributed by atoms with Crippen molar-refractivity contribution in [3.63, 3.8) is 0 Å². The Balaban J connectivity index is 1.23. The molecule has 1 aliphatic rings. The second-order valence-electron chi connectivity index (χ2n) is 12.2. The summed E-state index contributed by atoms with van der Waals surface area (Å²) < 4.78 is 7.85. The molecule has 0 saturated carbocycles. The number of β-amino-alcohol motifs (C(OH)–C–C–N with tert-alkyl or cyclic N) is 1. The molecule has 0 spiro atoms. The lowest BCUT2D eigenvalue weighted by molar-refractivity contribution is 0.175. The molecule has 4 aromatic heterocycles. The summed E-state index contributed by atoms with van der Waals surface area (Å²) in [5.74, 6) is 1.01. The summed E-state index contributed by atoms with van der Waals surface area (Å²) in [5, 5.41) is 38.0. The molecule has 1 atom stereocenters. The highest BCUT2D eigenvalue weighted by molar-refractivity contribution is 5.91. The Hall–Kier alpha value is -5.61. The van der Waals surface area contributed by atoms with E-state index in [1.165, 1.54) is 7.11 Å². The van der Waals surface area contributed by atoms with Crippen molar-refractivity contribution in [3.8, 4) is 28.7 Å². The van der Waals surface area contributed by atoms with Gasteiger partial charge in [0.1, 0.15) is 24.3 Å². The van der Waals surface area contributed by atoms with Gasteiger partial charge in [-0.3, -0.25) is 9.88 Å². The quantitative estimate of drug-likeness (QED) is 0.178. The number of hydrogen-bond donors (Lipinski definition) is 3. The van der Waals surface area contributed by atoms with Gasteiger partial charge in [-0.2, -0.15) is 5.26 Å². The van der Waals surface area contributed by atoms with Crippen LogP contribution in [0.5, 0.6) is 0 Å². The number of aliphatic hydroxyl groups excluding tert-OH is 2. The average molecular weight is 657 g/mol. The first-order chi connectivity index (χ1) is 23.9. The Morgan fingerprint density at radius 1 is 1.08 bits per heavy atom. The minimum Gasteiger partial charge on any atom is -0.434 e. The zero-order valence-electron chi connectivity index (χ0n) is 27.5. The van der Waals surface area contributed by atoms with Crippen molar-refractivity contribution in [2.24, 2.45) is 5.16 Å². The Labute approximate surface area is 282 Å². The van der Waals surface area contributed by atoms with Crippen LogP contribution in [0.2, 0.25) is 0 Å². The van der Waals surface area contributed by atoms with Gasteiger partial charge >= 0.3 is 0 Å². The van der Waals surface area contributed by atoms with Crippen molar-refractivity contribution >= 4 is 33.5 Å². The van der Waals surface area contributed by atoms with Crippen molar-refractivity contribution in [2.75, 3.05) is 32.1 Å². The number of nitriles is 1. The van der Waals surface area contributed by atoms with Gasteiger partial charge in [-0.15, -0.1) is 0 Å². The molecule has 248 valence electrons. The Morgan fingerprint density at radius 2 is 1.88 bits per heavy atom. The minimum atomic E-state index is -0.255. The molecule has 0 amide bonds. The van der Waals surface area contributed by atoms with E-state index < -0.39 is 0 Å². The number of likely N-dealkylation sites (tertiary alicyclic amines) is 1. The number of rotatable bonds is 9. The van der Waals surface area contributed by atoms with Crippen LogP contribution in [-0.2, 0) is 17.9 Å². The number of benzene rings is 2. The highest BCUT2D eigenvalue weighted by atomic mass is 16.6. The Morgan fingerprint density at radius 3 is 2.63 bits per heavy atom. The van der Waals surface area contributed by atoms with E-state index in [0.29, 0.717) is 34.8 Å². The zero-order chi connectivity index (χ0) is 34.1. The molecule has 0 aliphatic carbocycles. The number of aliphatic hydroxyl groups is 2. The van der Waals surface area contributed by atoms with E-state index in [2.05, 4.69) is 51.5 Å². The van der Waals surface area contributed by atoms with Crippen LogP contribution in [0.25, 0.3) is 44.6 Å². The van der Waals surface area contributed by atoms with Crippen molar-refractivity contribution in [1.29, 1.82) is 5.26 Å². The fraction of sp³-hybridized carbons (Fsp3) is 0.270. The molecular weight excluding hydrogens is 620 g/mol. The molecule has 2 aromatic carbocycles. The Kier molecular flexibility index (Phi) is 8.79. The molecule has 1 aliphatic heterocycles. The van der Waals surface area contributed by atoms with Crippen molar-refractivity contribution in [3.05, 3.63) is 94.9 Å². The smallest absolute Gasteiger partial charge is 0.227 e. The van der Waals surface area contributed by atoms with Gasteiger partial charge < -0.3 is 29.4 Å². The molecule has 6 aromatic rings. The summed E-state index contributed by atoms with van der Waals surface area (Å²) in [4.78, 5) is 21.5. The van der Waals surface area contributed by atoms with E-state index in [1.54, 1.807) is 17.0 Å². The van der Waals surface area contributed by atoms with Gasteiger partial charge in [-0.25, -0.2) is 9.97 Å². The number of fused-ring (bicyclic) bond motifs is 2. The van der Waals surface area contributed by atoms with Gasteiger partial charge in [0.05, 0.1) is 12.7 Å². The summed E-state index contributed by atoms with van der Waals surface area (Å²) >= 11 is 0. The lowest BCUT2D eigenvalue weighted by Crippen LogP contribution is -2.24. The normalized spacial score (nSPS) is 15.3. The van der Waals surface area contributed by atoms with E-state index in [9.17, 15) is 15.5 Å². The van der Waals surface area contributed by atoms with Crippen LogP contribution in [-0.4, -0.2) is 67.5 Å². The SMILES string of the molecule is CO/N=c1/c2nc(-c3cccc(-c4cccc(Nc5nccc6cc(CN7CC[C@@H](O)C7)cnc56)c4C)c3C)oc2c(C#N)cn1CCO. The second-order valence-corrected chi connectivity index (χ2v) is 12.2. The monoisotopic (exact) mass is 656 g/mol. The molecular formula is C37H36N8O4. The summed E-state index contributed by atoms with van der Waals surface area (Å²) in [7, 11) is 1.43. The molecule has 12 nitrogen and oxygen atoms in total. The fourth-order valence-electron chi connectivity index (χ4n) is 6.57. The summed E-state index contributed by atoms with van der Waals surface area (Å²) in [6, 6.07) is 18.4. The number of oxazole rings is 1. The topological polar surface area (TPSA) is 158 Å². The number of aromatic nitrogens is 4. The lowest BCUT2D eigenvalue weighted by Gasteiger charge is -2.17. The molecule has 0 bridgehead atoms. The Bertz CT molecular complexity index is 2310. The largest absolute Gasteiger partial charge is 0.434 e. The molecule has 3 N–H and O–H groups in total.